The number of rotatable bonds is 8. The van der Waals surface area contributed by atoms with Gasteiger partial charge in [0.15, 0.2) is 17.1 Å². The van der Waals surface area contributed by atoms with Gasteiger partial charge < -0.3 is 15.2 Å². The summed E-state index contributed by atoms with van der Waals surface area (Å²) < 4.78 is 99.2. The number of aryl methyl sites for hydroxylation is 2. The van der Waals surface area contributed by atoms with E-state index in [0.29, 0.717) is 18.8 Å². The number of carbonyl (C=O) groups excluding carboxylic acids is 1. The molecule has 2 N–H and O–H groups in total. The molecule has 1 aliphatic carbocycles. The van der Waals surface area contributed by atoms with Crippen LogP contribution in [0.15, 0.2) is 18.2 Å². The van der Waals surface area contributed by atoms with Crippen LogP contribution in [0.2, 0.25) is 0 Å². The summed E-state index contributed by atoms with van der Waals surface area (Å²) in [6, 6.07) is 4.92. The van der Waals surface area contributed by atoms with Gasteiger partial charge in [0.05, 0.1) is 11.3 Å². The van der Waals surface area contributed by atoms with Gasteiger partial charge in [-0.3, -0.25) is 9.36 Å². The third kappa shape index (κ3) is 9.85. The highest BCUT2D eigenvalue weighted by molar-refractivity contribution is 7.51. The van der Waals surface area contributed by atoms with Crippen molar-refractivity contribution >= 4 is 17.5 Å². The number of carbonyl (C=O) groups is 1. The lowest BCUT2D eigenvalue weighted by Crippen LogP contribution is -2.45. The molecule has 41 heavy (non-hydrogen) atoms. The number of imidazole rings is 1. The molecule has 1 fully saturated rings. The smallest absolute Gasteiger partial charge is 0.404 e. The predicted molar refractivity (Wildman–Crippen MR) is 133 cm³/mol. The first-order valence-electron chi connectivity index (χ1n) is 12.5. The summed E-state index contributed by atoms with van der Waals surface area (Å²) in [5, 5.41) is 23.2. The fraction of sp³-hybridized carbons (Fsp3) is 0.560. The number of nitrogens with zero attached hydrogens (tertiary/aromatic N) is 3. The molecule has 2 aromatic rings. The van der Waals surface area contributed by atoms with Gasteiger partial charge in [-0.15, -0.1) is 13.2 Å². The van der Waals surface area contributed by atoms with Gasteiger partial charge in [-0.05, 0) is 55.7 Å². The van der Waals surface area contributed by atoms with Crippen LogP contribution in [0, 0.1) is 17.2 Å². The van der Waals surface area contributed by atoms with Gasteiger partial charge in [0.2, 0.25) is 0 Å². The molecule has 9 nitrogen and oxygen atoms in total. The molecular weight excluding hydrogens is 582 g/mol. The van der Waals surface area contributed by atoms with Gasteiger partial charge in [-0.2, -0.15) is 26.9 Å². The van der Waals surface area contributed by atoms with E-state index in [0.717, 1.165) is 29.5 Å². The van der Waals surface area contributed by atoms with E-state index in [1.165, 1.54) is 6.07 Å². The van der Waals surface area contributed by atoms with E-state index in [-0.39, 0.29) is 41.4 Å². The second-order valence-electron chi connectivity index (χ2n) is 9.65. The van der Waals surface area contributed by atoms with Crippen molar-refractivity contribution in [2.24, 2.45) is 5.92 Å². The lowest BCUT2D eigenvalue weighted by atomic mass is 9.79. The Kier molecular flexibility index (Phi) is 11.5. The highest BCUT2D eigenvalue weighted by atomic mass is 32.1. The molecule has 0 unspecified atom stereocenters. The van der Waals surface area contributed by atoms with Crippen molar-refractivity contribution in [2.45, 2.75) is 76.9 Å². The topological polar surface area (TPSA) is 134 Å². The van der Waals surface area contributed by atoms with Crippen LogP contribution in [0.25, 0.3) is 5.69 Å². The SMILES string of the molecule is CCc1nc(C(=O)NCC2(O)CCC(C)CC2)c(C#N)n1-c1ccc(CCC(F)(F)F)cc1OC(F)(F)F.O=S=O. The average molecular weight is 611 g/mol. The molecule has 0 atom stereocenters. The Labute approximate surface area is 235 Å². The van der Waals surface area contributed by atoms with Crippen LogP contribution in [0.3, 0.4) is 0 Å². The molecular formula is C25H28F6N4O5S. The zero-order valence-corrected chi connectivity index (χ0v) is 22.9. The van der Waals surface area contributed by atoms with Crippen molar-refractivity contribution in [1.82, 2.24) is 14.9 Å². The Bertz CT molecular complexity index is 1290. The van der Waals surface area contributed by atoms with E-state index in [9.17, 15) is 41.5 Å². The van der Waals surface area contributed by atoms with Gasteiger partial charge in [0.1, 0.15) is 11.9 Å². The van der Waals surface area contributed by atoms with Crippen LogP contribution >= 0.6 is 0 Å². The molecule has 1 saturated carbocycles. The molecule has 1 heterocycles. The average Bonchev–Trinajstić information content (AvgIpc) is 3.26. The minimum absolute atomic E-state index is 0.0602. The number of amides is 1. The lowest BCUT2D eigenvalue weighted by Gasteiger charge is -2.34. The van der Waals surface area contributed by atoms with Gasteiger partial charge >= 0.3 is 24.1 Å². The summed E-state index contributed by atoms with van der Waals surface area (Å²) in [5.74, 6) is -1.11. The number of alkyl halides is 6. The quantitative estimate of drug-likeness (QED) is 0.414. The van der Waals surface area contributed by atoms with Gasteiger partial charge in [0, 0.05) is 19.4 Å². The molecule has 1 aromatic carbocycles. The Morgan fingerprint density at radius 3 is 2.37 bits per heavy atom. The maximum atomic E-state index is 13.2. The fourth-order valence-corrected chi connectivity index (χ4v) is 4.42. The van der Waals surface area contributed by atoms with Gasteiger partial charge in [0.25, 0.3) is 5.91 Å². The second kappa shape index (κ2) is 13.9. The molecule has 0 radical (unpaired) electrons. The number of aliphatic hydroxyl groups is 1. The molecule has 0 bridgehead atoms. The van der Waals surface area contributed by atoms with Gasteiger partial charge in [-0.1, -0.05) is 19.9 Å². The first-order chi connectivity index (χ1) is 19.1. The molecule has 3 rings (SSSR count). The summed E-state index contributed by atoms with van der Waals surface area (Å²) in [5.41, 5.74) is -2.21. The van der Waals surface area contributed by atoms with Crippen LogP contribution in [-0.2, 0) is 24.4 Å². The van der Waals surface area contributed by atoms with E-state index < -0.39 is 54.2 Å². The maximum Gasteiger partial charge on any atom is 0.573 e. The molecule has 0 saturated heterocycles. The maximum absolute atomic E-state index is 13.2. The van der Waals surface area contributed by atoms with Crippen LogP contribution in [-0.4, -0.2) is 53.7 Å². The highest BCUT2D eigenvalue weighted by Crippen LogP contribution is 2.34. The third-order valence-electron chi connectivity index (χ3n) is 6.56. The summed E-state index contributed by atoms with van der Waals surface area (Å²) in [6.45, 7) is 3.58. The number of ether oxygens (including phenoxy) is 1. The van der Waals surface area contributed by atoms with Crippen LogP contribution in [0.4, 0.5) is 26.3 Å². The number of aromatic nitrogens is 2. The number of halogens is 6. The number of nitrogens with one attached hydrogen (secondary N) is 1. The van der Waals surface area contributed by atoms with E-state index in [2.05, 4.69) is 22.0 Å². The molecule has 0 aliphatic heterocycles. The molecule has 1 aromatic heterocycles. The zero-order valence-electron chi connectivity index (χ0n) is 22.1. The Hall–Kier alpha value is -3.45. The van der Waals surface area contributed by atoms with Crippen molar-refractivity contribution in [2.75, 3.05) is 6.54 Å². The Morgan fingerprint density at radius 1 is 1.24 bits per heavy atom. The summed E-state index contributed by atoms with van der Waals surface area (Å²) in [6.07, 6.45) is -8.89. The zero-order chi connectivity index (χ0) is 31.0. The second-order valence-corrected chi connectivity index (χ2v) is 9.78. The molecule has 1 amide bonds. The van der Waals surface area contributed by atoms with Crippen molar-refractivity contribution in [3.63, 3.8) is 0 Å². The normalized spacial score (nSPS) is 19.0. The Balaban J connectivity index is 0.00000187. The van der Waals surface area contributed by atoms with E-state index in [4.69, 9.17) is 8.42 Å². The third-order valence-corrected chi connectivity index (χ3v) is 6.56. The van der Waals surface area contributed by atoms with Crippen LogP contribution in [0.5, 0.6) is 5.75 Å². The first kappa shape index (κ1) is 33.8. The minimum Gasteiger partial charge on any atom is -0.404 e. The van der Waals surface area contributed by atoms with Crippen LogP contribution in [0.1, 0.15) is 73.5 Å². The van der Waals surface area contributed by atoms with Gasteiger partial charge in [-0.25, -0.2) is 4.98 Å². The minimum atomic E-state index is -5.18. The van der Waals surface area contributed by atoms with Crippen molar-refractivity contribution in [1.29, 1.82) is 5.26 Å². The number of hydrogen-bond donors (Lipinski definition) is 2. The van der Waals surface area contributed by atoms with E-state index >= 15 is 0 Å². The Morgan fingerprint density at radius 2 is 1.85 bits per heavy atom. The standard InChI is InChI=1S/C25H28F6N4O3.O2S/c1-3-20-34-21(22(36)33-14-23(37)9-6-15(2)7-10-23)18(13-32)35(20)17-5-4-16(8-11-24(26,27)28)12-19(17)38-25(29,30)31;1-3-2/h4-5,12,15,37H,3,6-11,14H2,1-2H3,(H,33,36);. The predicted octanol–water partition coefficient (Wildman–Crippen LogP) is 4.70. The first-order valence-corrected chi connectivity index (χ1v) is 13.1. The lowest BCUT2D eigenvalue weighted by molar-refractivity contribution is -0.274. The number of hydrogen-bond acceptors (Lipinski definition) is 7. The number of nitriles is 1. The largest absolute Gasteiger partial charge is 0.573 e. The molecule has 16 heteroatoms. The fourth-order valence-electron chi connectivity index (χ4n) is 4.42. The van der Waals surface area contributed by atoms with E-state index in [1.807, 2.05) is 0 Å². The number of benzene rings is 1. The van der Waals surface area contributed by atoms with Crippen molar-refractivity contribution in [3.05, 3.63) is 41.0 Å². The van der Waals surface area contributed by atoms with Crippen molar-refractivity contribution in [3.8, 4) is 17.5 Å². The van der Waals surface area contributed by atoms with Crippen LogP contribution < -0.4 is 10.1 Å². The molecule has 226 valence electrons. The highest BCUT2D eigenvalue weighted by Gasteiger charge is 2.35. The monoisotopic (exact) mass is 610 g/mol. The summed E-state index contributed by atoms with van der Waals surface area (Å²) >= 11 is -0.750. The molecule has 1 aliphatic rings. The van der Waals surface area contributed by atoms with Crippen molar-refractivity contribution < 1.29 is 49.4 Å². The summed E-state index contributed by atoms with van der Waals surface area (Å²) in [4.78, 5) is 17.1. The van der Waals surface area contributed by atoms with E-state index in [1.54, 1.807) is 13.0 Å². The molecule has 0 spiro atoms. The summed E-state index contributed by atoms with van der Waals surface area (Å²) in [7, 11) is 0.